The summed E-state index contributed by atoms with van der Waals surface area (Å²) in [6, 6.07) is 0. The van der Waals surface area contributed by atoms with Gasteiger partial charge in [-0.2, -0.15) is 5.10 Å². The lowest BCUT2D eigenvalue weighted by Gasteiger charge is -2.44. The van der Waals surface area contributed by atoms with E-state index in [1.807, 2.05) is 4.68 Å². The minimum absolute atomic E-state index is 0.156. The molecule has 1 spiro atoms. The van der Waals surface area contributed by atoms with E-state index in [1.54, 1.807) is 0 Å². The van der Waals surface area contributed by atoms with Crippen LogP contribution in [-0.2, 0) is 17.9 Å². The number of piperazine rings is 1. The molecule has 2 heterocycles. The Bertz CT molecular complexity index is 502. The molecule has 1 saturated carbocycles. The summed E-state index contributed by atoms with van der Waals surface area (Å²) in [5.74, 6) is 0.156. The second kappa shape index (κ2) is 5.20. The van der Waals surface area contributed by atoms with Crippen molar-refractivity contribution in [2.45, 2.75) is 58.2 Å². The van der Waals surface area contributed by atoms with Crippen LogP contribution in [-0.4, -0.2) is 39.2 Å². The second-order valence-electron chi connectivity index (χ2n) is 6.16. The fourth-order valence-electron chi connectivity index (χ4n) is 3.60. The number of hydrogen-bond donors (Lipinski definition) is 1. The molecule has 20 heavy (non-hydrogen) atoms. The molecule has 1 aromatic rings. The molecule has 2 fully saturated rings. The van der Waals surface area contributed by atoms with Gasteiger partial charge in [-0.3, -0.25) is 14.4 Å². The summed E-state index contributed by atoms with van der Waals surface area (Å²) in [6.45, 7) is 7.24. The van der Waals surface area contributed by atoms with E-state index in [4.69, 9.17) is 0 Å². The van der Waals surface area contributed by atoms with Gasteiger partial charge in [0.2, 0.25) is 5.91 Å². The van der Waals surface area contributed by atoms with E-state index in [2.05, 4.69) is 35.4 Å². The molecule has 1 aromatic heterocycles. The highest BCUT2D eigenvalue weighted by molar-refractivity contribution is 5.79. The number of hydrogen-bond acceptors (Lipinski definition) is 3. The van der Waals surface area contributed by atoms with Crippen LogP contribution < -0.4 is 5.32 Å². The maximum atomic E-state index is 11.8. The Balaban J connectivity index is 1.82. The Morgan fingerprint density at radius 1 is 1.40 bits per heavy atom. The smallest absolute Gasteiger partial charge is 0.234 e. The largest absolute Gasteiger partial charge is 0.353 e. The topological polar surface area (TPSA) is 50.2 Å². The molecule has 1 aliphatic heterocycles. The molecule has 1 N–H and O–H groups in total. The number of aromatic nitrogens is 2. The highest BCUT2D eigenvalue weighted by Gasteiger charge is 2.43. The summed E-state index contributed by atoms with van der Waals surface area (Å²) in [4.78, 5) is 14.2. The first kappa shape index (κ1) is 13.6. The van der Waals surface area contributed by atoms with Crippen molar-refractivity contribution in [3.05, 3.63) is 17.5 Å². The van der Waals surface area contributed by atoms with Gasteiger partial charge in [-0.25, -0.2) is 0 Å². The fraction of sp³-hybridized carbons (Fsp3) is 0.733. The van der Waals surface area contributed by atoms with Crippen LogP contribution in [0.25, 0.3) is 0 Å². The van der Waals surface area contributed by atoms with Gasteiger partial charge in [-0.1, -0.05) is 12.8 Å². The first-order valence-electron chi connectivity index (χ1n) is 7.68. The average molecular weight is 276 g/mol. The molecule has 0 unspecified atom stereocenters. The molecule has 0 radical (unpaired) electrons. The van der Waals surface area contributed by atoms with E-state index in [0.29, 0.717) is 6.54 Å². The van der Waals surface area contributed by atoms with Crippen molar-refractivity contribution in [2.24, 2.45) is 0 Å². The molecular formula is C15H24N4O. The number of nitrogens with zero attached hydrogens (tertiary/aromatic N) is 3. The number of amides is 1. The van der Waals surface area contributed by atoms with E-state index in [0.717, 1.165) is 25.3 Å². The Morgan fingerprint density at radius 2 is 2.15 bits per heavy atom. The lowest BCUT2D eigenvalue weighted by molar-refractivity contribution is -0.128. The van der Waals surface area contributed by atoms with Gasteiger partial charge in [-0.15, -0.1) is 0 Å². The zero-order chi connectivity index (χ0) is 14.2. The van der Waals surface area contributed by atoms with Gasteiger partial charge < -0.3 is 5.32 Å². The Labute approximate surface area is 120 Å². The van der Waals surface area contributed by atoms with Gasteiger partial charge in [0.05, 0.1) is 12.2 Å². The molecule has 5 heteroatoms. The normalized spacial score (nSPS) is 22.4. The number of carbonyl (C=O) groups is 1. The molecule has 0 aromatic carbocycles. The van der Waals surface area contributed by atoms with Gasteiger partial charge >= 0.3 is 0 Å². The van der Waals surface area contributed by atoms with Gasteiger partial charge in [0, 0.05) is 36.9 Å². The summed E-state index contributed by atoms with van der Waals surface area (Å²) in [5, 5.41) is 7.58. The average Bonchev–Trinajstić information content (AvgIpc) is 3.03. The van der Waals surface area contributed by atoms with Crippen LogP contribution in [0, 0.1) is 6.92 Å². The zero-order valence-corrected chi connectivity index (χ0v) is 12.5. The highest BCUT2D eigenvalue weighted by atomic mass is 16.2. The molecule has 5 nitrogen and oxygen atoms in total. The van der Waals surface area contributed by atoms with E-state index in [-0.39, 0.29) is 11.4 Å². The quantitative estimate of drug-likeness (QED) is 0.909. The van der Waals surface area contributed by atoms with E-state index < -0.39 is 0 Å². The first-order valence-corrected chi connectivity index (χ1v) is 7.68. The molecule has 0 bridgehead atoms. The monoisotopic (exact) mass is 276 g/mol. The maximum absolute atomic E-state index is 11.8. The predicted octanol–water partition coefficient (Wildman–Crippen LogP) is 1.46. The number of nitrogens with one attached hydrogen (secondary N) is 1. The molecule has 1 amide bonds. The Morgan fingerprint density at radius 3 is 2.80 bits per heavy atom. The molecule has 1 aliphatic carbocycles. The number of rotatable bonds is 3. The molecule has 110 valence electrons. The molecular weight excluding hydrogens is 252 g/mol. The molecule has 3 rings (SSSR count). The van der Waals surface area contributed by atoms with Crippen molar-refractivity contribution in [3.8, 4) is 0 Å². The van der Waals surface area contributed by atoms with E-state index in [1.165, 1.54) is 31.2 Å². The van der Waals surface area contributed by atoms with Crippen LogP contribution in [0.2, 0.25) is 0 Å². The highest BCUT2D eigenvalue weighted by Crippen LogP contribution is 2.37. The van der Waals surface area contributed by atoms with Gasteiger partial charge in [-0.05, 0) is 26.7 Å². The van der Waals surface area contributed by atoms with Crippen molar-refractivity contribution in [1.29, 1.82) is 0 Å². The first-order chi connectivity index (χ1) is 9.63. The van der Waals surface area contributed by atoms with Crippen LogP contribution in [0.15, 0.2) is 6.20 Å². The fourth-order valence-corrected chi connectivity index (χ4v) is 3.60. The van der Waals surface area contributed by atoms with Gasteiger partial charge in [0.15, 0.2) is 0 Å². The second-order valence-corrected chi connectivity index (χ2v) is 6.16. The van der Waals surface area contributed by atoms with Gasteiger partial charge in [0.1, 0.15) is 0 Å². The van der Waals surface area contributed by atoms with Gasteiger partial charge in [0.25, 0.3) is 0 Å². The summed E-state index contributed by atoms with van der Waals surface area (Å²) >= 11 is 0. The Kier molecular flexibility index (Phi) is 3.54. The standard InChI is InChI=1S/C15H24N4O/c1-3-19-9-13(12(2)17-19)8-18-10-14(20)16-11-15(18)6-4-5-7-15/h9H,3-8,10-11H2,1-2H3,(H,16,20). The molecule has 2 aliphatic rings. The Hall–Kier alpha value is -1.36. The number of carbonyl (C=O) groups excluding carboxylic acids is 1. The van der Waals surface area contributed by atoms with Crippen LogP contribution in [0.4, 0.5) is 0 Å². The van der Waals surface area contributed by atoms with Crippen LogP contribution >= 0.6 is 0 Å². The third kappa shape index (κ3) is 2.35. The zero-order valence-electron chi connectivity index (χ0n) is 12.5. The van der Waals surface area contributed by atoms with E-state index >= 15 is 0 Å². The minimum Gasteiger partial charge on any atom is -0.353 e. The van der Waals surface area contributed by atoms with Crippen molar-refractivity contribution in [1.82, 2.24) is 20.0 Å². The minimum atomic E-state index is 0.156. The molecule has 1 saturated heterocycles. The van der Waals surface area contributed by atoms with Crippen molar-refractivity contribution < 1.29 is 4.79 Å². The van der Waals surface area contributed by atoms with Crippen molar-refractivity contribution in [3.63, 3.8) is 0 Å². The predicted molar refractivity (Wildman–Crippen MR) is 77.3 cm³/mol. The summed E-state index contributed by atoms with van der Waals surface area (Å²) < 4.78 is 1.98. The van der Waals surface area contributed by atoms with Crippen molar-refractivity contribution >= 4 is 5.91 Å². The molecule has 0 atom stereocenters. The lowest BCUT2D eigenvalue weighted by Crippen LogP contribution is -2.61. The third-order valence-electron chi connectivity index (χ3n) is 4.89. The maximum Gasteiger partial charge on any atom is 0.234 e. The third-order valence-corrected chi connectivity index (χ3v) is 4.89. The lowest BCUT2D eigenvalue weighted by atomic mass is 9.92. The van der Waals surface area contributed by atoms with Crippen LogP contribution in [0.3, 0.4) is 0 Å². The summed E-state index contributed by atoms with van der Waals surface area (Å²) in [7, 11) is 0. The van der Waals surface area contributed by atoms with Crippen molar-refractivity contribution in [2.75, 3.05) is 13.1 Å². The SMILES string of the molecule is CCn1cc(CN2CC(=O)NCC23CCCC3)c(C)n1. The van der Waals surface area contributed by atoms with Crippen LogP contribution in [0.5, 0.6) is 0 Å². The van der Waals surface area contributed by atoms with Crippen LogP contribution in [0.1, 0.15) is 43.9 Å². The van der Waals surface area contributed by atoms with E-state index in [9.17, 15) is 4.79 Å². The summed E-state index contributed by atoms with van der Waals surface area (Å²) in [5.41, 5.74) is 2.54. The number of aryl methyl sites for hydroxylation is 2. The summed E-state index contributed by atoms with van der Waals surface area (Å²) in [6.07, 6.45) is 7.09.